The topological polar surface area (TPSA) is 98.4 Å². The Balaban J connectivity index is 1.21. The molecular weight excluding hydrogens is 402 g/mol. The first-order chi connectivity index (χ1) is 14.5. The molecule has 9 heteroatoms. The van der Waals surface area contributed by atoms with Crippen molar-refractivity contribution in [3.63, 3.8) is 0 Å². The zero-order valence-electron chi connectivity index (χ0n) is 17.0. The number of H-pyrrole nitrogens is 1. The molecule has 0 aliphatic carbocycles. The monoisotopic (exact) mass is 431 g/mol. The van der Waals surface area contributed by atoms with Crippen LogP contribution < -0.4 is 5.32 Å². The van der Waals surface area contributed by atoms with E-state index in [-0.39, 0.29) is 22.9 Å². The van der Waals surface area contributed by atoms with Crippen LogP contribution in [0.1, 0.15) is 31.2 Å². The molecule has 1 aromatic carbocycles. The summed E-state index contributed by atoms with van der Waals surface area (Å²) in [6.45, 7) is 3.61. The lowest BCUT2D eigenvalue weighted by molar-refractivity contribution is -0.127. The number of nitrogens with zero attached hydrogens (tertiary/aromatic N) is 3. The Labute approximate surface area is 177 Å². The standard InChI is InChI=1S/C21H29N5O3S/c27-21(18-6-12-26(13-7-18)30(28,29)20-14-22-16-23-20)24-19-8-10-25(11-9-19)15-17-4-2-1-3-5-17/h1-5,14,16,18-19H,6-13,15H2,(H,22,23)(H,24,27). The number of carbonyl (C=O) groups is 1. The van der Waals surface area contributed by atoms with Crippen molar-refractivity contribution in [3.05, 3.63) is 48.4 Å². The summed E-state index contributed by atoms with van der Waals surface area (Å²) in [5.74, 6) is -0.0596. The molecule has 2 aromatic rings. The molecule has 0 bridgehead atoms. The van der Waals surface area contributed by atoms with Gasteiger partial charge in [-0.1, -0.05) is 30.3 Å². The first-order valence-corrected chi connectivity index (χ1v) is 12.0. The number of hydrogen-bond acceptors (Lipinski definition) is 5. The van der Waals surface area contributed by atoms with Crippen molar-refractivity contribution in [2.75, 3.05) is 26.2 Å². The van der Waals surface area contributed by atoms with Crippen LogP contribution in [0.5, 0.6) is 0 Å². The maximum Gasteiger partial charge on any atom is 0.260 e. The predicted octanol–water partition coefficient (Wildman–Crippen LogP) is 1.59. The van der Waals surface area contributed by atoms with Crippen LogP contribution in [0.3, 0.4) is 0 Å². The Morgan fingerprint density at radius 1 is 1.07 bits per heavy atom. The van der Waals surface area contributed by atoms with E-state index >= 15 is 0 Å². The molecule has 3 heterocycles. The van der Waals surface area contributed by atoms with Gasteiger partial charge in [0.2, 0.25) is 5.91 Å². The molecule has 0 atom stereocenters. The minimum absolute atomic E-state index is 0.0649. The van der Waals surface area contributed by atoms with Crippen LogP contribution in [-0.2, 0) is 21.4 Å². The average Bonchev–Trinajstić information content (AvgIpc) is 3.32. The number of hydrogen-bond donors (Lipinski definition) is 2. The van der Waals surface area contributed by atoms with E-state index < -0.39 is 10.0 Å². The predicted molar refractivity (Wildman–Crippen MR) is 113 cm³/mol. The second kappa shape index (κ2) is 9.28. The Morgan fingerprint density at radius 2 is 1.77 bits per heavy atom. The molecule has 2 fully saturated rings. The maximum atomic E-state index is 12.7. The van der Waals surface area contributed by atoms with Crippen LogP contribution in [-0.4, -0.2) is 65.7 Å². The summed E-state index contributed by atoms with van der Waals surface area (Å²) >= 11 is 0. The van der Waals surface area contributed by atoms with Gasteiger partial charge in [-0.15, -0.1) is 0 Å². The van der Waals surface area contributed by atoms with Crippen LogP contribution in [0.25, 0.3) is 0 Å². The first-order valence-electron chi connectivity index (χ1n) is 10.6. The molecule has 2 aliphatic heterocycles. The zero-order valence-corrected chi connectivity index (χ0v) is 17.9. The Kier molecular flexibility index (Phi) is 6.50. The number of benzene rings is 1. The van der Waals surface area contributed by atoms with E-state index in [9.17, 15) is 13.2 Å². The smallest absolute Gasteiger partial charge is 0.260 e. The molecule has 2 saturated heterocycles. The molecule has 2 aliphatic rings. The van der Waals surface area contributed by atoms with Gasteiger partial charge in [-0.2, -0.15) is 4.31 Å². The summed E-state index contributed by atoms with van der Waals surface area (Å²) in [5, 5.41) is 3.31. The van der Waals surface area contributed by atoms with Gasteiger partial charge in [0.25, 0.3) is 10.0 Å². The molecule has 2 N–H and O–H groups in total. The quantitative estimate of drug-likeness (QED) is 0.724. The highest BCUT2D eigenvalue weighted by molar-refractivity contribution is 7.89. The van der Waals surface area contributed by atoms with Gasteiger partial charge < -0.3 is 10.3 Å². The van der Waals surface area contributed by atoms with Crippen molar-refractivity contribution in [2.24, 2.45) is 5.92 Å². The minimum atomic E-state index is -3.55. The number of amides is 1. The van der Waals surface area contributed by atoms with E-state index in [1.165, 1.54) is 22.4 Å². The lowest BCUT2D eigenvalue weighted by Gasteiger charge is -2.34. The van der Waals surface area contributed by atoms with E-state index in [0.717, 1.165) is 32.5 Å². The number of piperidine rings is 2. The highest BCUT2D eigenvalue weighted by Crippen LogP contribution is 2.23. The molecule has 162 valence electrons. The molecular formula is C21H29N5O3S. The maximum absolute atomic E-state index is 12.7. The Bertz CT molecular complexity index is 917. The van der Waals surface area contributed by atoms with Crippen molar-refractivity contribution in [3.8, 4) is 0 Å². The van der Waals surface area contributed by atoms with Gasteiger partial charge >= 0.3 is 0 Å². The third-order valence-corrected chi connectivity index (χ3v) is 7.92. The molecule has 8 nitrogen and oxygen atoms in total. The number of imidazole rings is 1. The third-order valence-electron chi connectivity index (χ3n) is 6.10. The summed E-state index contributed by atoms with van der Waals surface area (Å²) in [6.07, 6.45) is 5.67. The normalized spacial score (nSPS) is 20.3. The largest absolute Gasteiger partial charge is 0.353 e. The number of likely N-dealkylation sites (tertiary alicyclic amines) is 1. The van der Waals surface area contributed by atoms with E-state index in [2.05, 4.69) is 44.5 Å². The number of nitrogens with one attached hydrogen (secondary N) is 2. The number of rotatable bonds is 6. The number of aromatic amines is 1. The van der Waals surface area contributed by atoms with Crippen LogP contribution in [0.4, 0.5) is 0 Å². The summed E-state index contributed by atoms with van der Waals surface area (Å²) in [6, 6.07) is 10.7. The van der Waals surface area contributed by atoms with Gasteiger partial charge in [-0.05, 0) is 31.2 Å². The SMILES string of the molecule is O=C(NC1CCN(Cc2ccccc2)CC1)C1CCN(S(=O)(=O)c2cnc[nH]2)CC1. The molecule has 0 radical (unpaired) electrons. The third kappa shape index (κ3) is 4.91. The molecule has 0 saturated carbocycles. The lowest BCUT2D eigenvalue weighted by Crippen LogP contribution is -2.48. The molecule has 1 amide bonds. The average molecular weight is 432 g/mol. The summed E-state index contributed by atoms with van der Waals surface area (Å²) in [7, 11) is -3.55. The van der Waals surface area contributed by atoms with E-state index in [0.29, 0.717) is 25.9 Å². The van der Waals surface area contributed by atoms with Crippen LogP contribution in [0.2, 0.25) is 0 Å². The fraction of sp³-hybridized carbons (Fsp3) is 0.524. The second-order valence-electron chi connectivity index (χ2n) is 8.14. The van der Waals surface area contributed by atoms with E-state index in [4.69, 9.17) is 0 Å². The van der Waals surface area contributed by atoms with Crippen LogP contribution in [0, 0.1) is 5.92 Å². The fourth-order valence-electron chi connectivity index (χ4n) is 4.28. The first kappa shape index (κ1) is 21.0. The van der Waals surface area contributed by atoms with E-state index in [1.54, 1.807) is 0 Å². The van der Waals surface area contributed by atoms with Crippen molar-refractivity contribution in [2.45, 2.75) is 43.3 Å². The molecule has 4 rings (SSSR count). The van der Waals surface area contributed by atoms with Gasteiger partial charge in [0.1, 0.15) is 0 Å². The van der Waals surface area contributed by atoms with Gasteiger partial charge in [-0.25, -0.2) is 13.4 Å². The highest BCUT2D eigenvalue weighted by atomic mass is 32.2. The van der Waals surface area contributed by atoms with Crippen LogP contribution >= 0.6 is 0 Å². The van der Waals surface area contributed by atoms with Crippen LogP contribution in [0.15, 0.2) is 47.9 Å². The van der Waals surface area contributed by atoms with Gasteiger partial charge in [0.05, 0.1) is 12.5 Å². The second-order valence-corrected chi connectivity index (χ2v) is 10.0. The van der Waals surface area contributed by atoms with Crippen molar-refractivity contribution in [1.82, 2.24) is 24.5 Å². The summed E-state index contributed by atoms with van der Waals surface area (Å²) < 4.78 is 26.5. The zero-order chi connectivity index (χ0) is 21.0. The van der Waals surface area contributed by atoms with Gasteiger partial charge in [0, 0.05) is 44.7 Å². The molecule has 0 unspecified atom stereocenters. The molecule has 30 heavy (non-hydrogen) atoms. The summed E-state index contributed by atoms with van der Waals surface area (Å²) in [4.78, 5) is 21.6. The Hall–Kier alpha value is -2.23. The Morgan fingerprint density at radius 3 is 2.40 bits per heavy atom. The van der Waals surface area contributed by atoms with Crippen molar-refractivity contribution >= 4 is 15.9 Å². The molecule has 1 aromatic heterocycles. The minimum Gasteiger partial charge on any atom is -0.353 e. The van der Waals surface area contributed by atoms with Gasteiger partial charge in [0.15, 0.2) is 5.03 Å². The fourth-order valence-corrected chi connectivity index (χ4v) is 5.64. The highest BCUT2D eigenvalue weighted by Gasteiger charge is 2.33. The van der Waals surface area contributed by atoms with Crippen molar-refractivity contribution in [1.29, 1.82) is 0 Å². The number of carbonyl (C=O) groups excluding carboxylic acids is 1. The van der Waals surface area contributed by atoms with E-state index in [1.807, 2.05) is 6.07 Å². The van der Waals surface area contributed by atoms with Gasteiger partial charge in [-0.3, -0.25) is 9.69 Å². The van der Waals surface area contributed by atoms with Crippen molar-refractivity contribution < 1.29 is 13.2 Å². The number of sulfonamides is 1. The summed E-state index contributed by atoms with van der Waals surface area (Å²) in [5.41, 5.74) is 1.32. The lowest BCUT2D eigenvalue weighted by atomic mass is 9.95. The molecule has 0 spiro atoms. The number of aromatic nitrogens is 2.